The van der Waals surface area contributed by atoms with Gasteiger partial charge in [0.2, 0.25) is 5.91 Å². The summed E-state index contributed by atoms with van der Waals surface area (Å²) >= 11 is 3.33. The third-order valence-corrected chi connectivity index (χ3v) is 4.46. The number of carbonyl (C=O) groups excluding carboxylic acids is 2. The number of carbonyl (C=O) groups is 2. The van der Waals surface area contributed by atoms with Crippen molar-refractivity contribution in [3.63, 3.8) is 0 Å². The van der Waals surface area contributed by atoms with E-state index in [1.54, 1.807) is 36.4 Å². The number of hydrogen-bond acceptors (Lipinski definition) is 2. The van der Waals surface area contributed by atoms with Crippen molar-refractivity contribution in [2.24, 2.45) is 5.92 Å². The van der Waals surface area contributed by atoms with Gasteiger partial charge in [0.05, 0.1) is 5.56 Å². The van der Waals surface area contributed by atoms with E-state index in [0.717, 1.165) is 0 Å². The number of halogens is 2. The average Bonchev–Trinajstić information content (AvgIpc) is 2.58. The van der Waals surface area contributed by atoms with Crippen LogP contribution in [0.1, 0.15) is 29.8 Å². The average molecular weight is 407 g/mol. The molecular formula is C19H20BrFN2O2. The summed E-state index contributed by atoms with van der Waals surface area (Å²) in [7, 11) is 0. The van der Waals surface area contributed by atoms with Crippen LogP contribution < -0.4 is 10.6 Å². The predicted octanol–water partition coefficient (Wildman–Crippen LogP) is 3.66. The molecule has 0 aliphatic carbocycles. The molecule has 0 aliphatic heterocycles. The summed E-state index contributed by atoms with van der Waals surface area (Å²) in [6.45, 7) is 3.75. The summed E-state index contributed by atoms with van der Waals surface area (Å²) in [6.07, 6.45) is 0. The molecule has 4 nitrogen and oxygen atoms in total. The topological polar surface area (TPSA) is 58.2 Å². The number of hydrogen-bond donors (Lipinski definition) is 2. The zero-order chi connectivity index (χ0) is 18.4. The van der Waals surface area contributed by atoms with Crippen molar-refractivity contribution in [3.05, 3.63) is 69.9 Å². The van der Waals surface area contributed by atoms with Gasteiger partial charge in [0.1, 0.15) is 11.9 Å². The van der Waals surface area contributed by atoms with Crippen LogP contribution in [0, 0.1) is 11.7 Å². The maximum absolute atomic E-state index is 13.6. The van der Waals surface area contributed by atoms with Crippen LogP contribution in [0.5, 0.6) is 0 Å². The van der Waals surface area contributed by atoms with Crippen LogP contribution >= 0.6 is 15.9 Å². The van der Waals surface area contributed by atoms with Crippen molar-refractivity contribution in [3.8, 4) is 0 Å². The first kappa shape index (κ1) is 19.1. The molecule has 0 aromatic heterocycles. The molecule has 0 saturated heterocycles. The van der Waals surface area contributed by atoms with Crippen molar-refractivity contribution in [2.45, 2.75) is 26.4 Å². The van der Waals surface area contributed by atoms with E-state index in [2.05, 4.69) is 26.6 Å². The van der Waals surface area contributed by atoms with Gasteiger partial charge in [0, 0.05) is 16.6 Å². The van der Waals surface area contributed by atoms with E-state index >= 15 is 0 Å². The highest BCUT2D eigenvalue weighted by atomic mass is 79.9. The Bertz CT molecular complexity index is 765. The summed E-state index contributed by atoms with van der Waals surface area (Å²) in [5, 5.41) is 5.44. The Balaban J connectivity index is 2.04. The minimum atomic E-state index is -0.716. The smallest absolute Gasteiger partial charge is 0.253 e. The lowest BCUT2D eigenvalue weighted by atomic mass is 10.0. The molecule has 2 aromatic rings. The van der Waals surface area contributed by atoms with Crippen molar-refractivity contribution in [2.75, 3.05) is 0 Å². The van der Waals surface area contributed by atoms with E-state index in [4.69, 9.17) is 0 Å². The molecule has 1 atom stereocenters. The van der Waals surface area contributed by atoms with Crippen molar-refractivity contribution in [1.82, 2.24) is 10.6 Å². The zero-order valence-corrected chi connectivity index (χ0v) is 15.6. The van der Waals surface area contributed by atoms with Crippen LogP contribution in [0.15, 0.2) is 53.0 Å². The molecule has 2 amide bonds. The molecule has 0 bridgehead atoms. The standard InChI is InChI=1S/C19H20BrFN2O2/c1-12(2)17(23-18(24)14-8-4-5-9-15(14)20)19(25)22-11-13-7-3-6-10-16(13)21/h3-10,12,17H,11H2,1-2H3,(H,22,25)(H,23,24). The maximum Gasteiger partial charge on any atom is 0.253 e. The molecule has 2 rings (SSSR count). The number of nitrogens with one attached hydrogen (secondary N) is 2. The van der Waals surface area contributed by atoms with E-state index in [-0.39, 0.29) is 30.1 Å². The lowest BCUT2D eigenvalue weighted by Crippen LogP contribution is -2.49. The molecule has 0 aliphatic rings. The van der Waals surface area contributed by atoms with Gasteiger partial charge in [-0.1, -0.05) is 44.2 Å². The first-order valence-corrected chi connectivity index (χ1v) is 8.76. The third-order valence-electron chi connectivity index (χ3n) is 3.77. The molecule has 132 valence electrons. The van der Waals surface area contributed by atoms with Gasteiger partial charge in [-0.15, -0.1) is 0 Å². The van der Waals surface area contributed by atoms with Gasteiger partial charge < -0.3 is 10.6 Å². The largest absolute Gasteiger partial charge is 0.350 e. The van der Waals surface area contributed by atoms with E-state index in [1.807, 2.05) is 19.9 Å². The molecule has 6 heteroatoms. The van der Waals surface area contributed by atoms with Crippen molar-refractivity contribution in [1.29, 1.82) is 0 Å². The summed E-state index contributed by atoms with van der Waals surface area (Å²) in [4.78, 5) is 24.9. The van der Waals surface area contributed by atoms with Crippen LogP contribution in [0.2, 0.25) is 0 Å². The molecule has 0 saturated carbocycles. The van der Waals surface area contributed by atoms with E-state index in [9.17, 15) is 14.0 Å². The molecule has 2 N–H and O–H groups in total. The van der Waals surface area contributed by atoms with Crippen LogP contribution in [0.4, 0.5) is 4.39 Å². The summed E-state index contributed by atoms with van der Waals surface area (Å²) in [5.74, 6) is -1.18. The fourth-order valence-electron chi connectivity index (χ4n) is 2.33. The second-order valence-electron chi connectivity index (χ2n) is 5.98. The predicted molar refractivity (Wildman–Crippen MR) is 98.5 cm³/mol. The Morgan fingerprint density at radius 1 is 1.08 bits per heavy atom. The minimum absolute atomic E-state index is 0.0691. The van der Waals surface area contributed by atoms with Gasteiger partial charge in [-0.2, -0.15) is 0 Å². The van der Waals surface area contributed by atoms with Gasteiger partial charge in [0.15, 0.2) is 0 Å². The summed E-state index contributed by atoms with van der Waals surface area (Å²) in [5.41, 5.74) is 0.852. The number of amides is 2. The Labute approximate surface area is 154 Å². The van der Waals surface area contributed by atoms with Crippen LogP contribution in [0.3, 0.4) is 0 Å². The van der Waals surface area contributed by atoms with Gasteiger partial charge in [0.25, 0.3) is 5.91 Å². The maximum atomic E-state index is 13.6. The highest BCUT2D eigenvalue weighted by molar-refractivity contribution is 9.10. The first-order valence-electron chi connectivity index (χ1n) is 7.96. The zero-order valence-electron chi connectivity index (χ0n) is 14.1. The molecule has 2 aromatic carbocycles. The molecule has 25 heavy (non-hydrogen) atoms. The molecule has 1 unspecified atom stereocenters. The highest BCUT2D eigenvalue weighted by Gasteiger charge is 2.25. The van der Waals surface area contributed by atoms with Crippen molar-refractivity contribution >= 4 is 27.7 Å². The SMILES string of the molecule is CC(C)C(NC(=O)c1ccccc1Br)C(=O)NCc1ccccc1F. The van der Waals surface area contributed by atoms with E-state index in [1.165, 1.54) is 6.07 Å². The number of rotatable bonds is 6. The van der Waals surface area contributed by atoms with Gasteiger partial charge >= 0.3 is 0 Å². The fourth-order valence-corrected chi connectivity index (χ4v) is 2.80. The minimum Gasteiger partial charge on any atom is -0.350 e. The second kappa shape index (κ2) is 8.76. The van der Waals surface area contributed by atoms with Crippen LogP contribution in [-0.2, 0) is 11.3 Å². The Kier molecular flexibility index (Phi) is 6.70. The lowest BCUT2D eigenvalue weighted by Gasteiger charge is -2.22. The van der Waals surface area contributed by atoms with Gasteiger partial charge in [-0.05, 0) is 40.0 Å². The molecule has 0 heterocycles. The van der Waals surface area contributed by atoms with Crippen LogP contribution in [0.25, 0.3) is 0 Å². The molecule has 0 fully saturated rings. The Morgan fingerprint density at radius 2 is 1.72 bits per heavy atom. The third kappa shape index (κ3) is 5.13. The molecular weight excluding hydrogens is 387 g/mol. The van der Waals surface area contributed by atoms with Crippen LogP contribution in [-0.4, -0.2) is 17.9 Å². The van der Waals surface area contributed by atoms with E-state index in [0.29, 0.717) is 15.6 Å². The number of benzene rings is 2. The normalized spacial score (nSPS) is 11.9. The molecule has 0 radical (unpaired) electrons. The summed E-state index contributed by atoms with van der Waals surface area (Å²) in [6, 6.07) is 12.5. The van der Waals surface area contributed by atoms with Gasteiger partial charge in [-0.25, -0.2) is 4.39 Å². The Hall–Kier alpha value is -2.21. The second-order valence-corrected chi connectivity index (χ2v) is 6.84. The first-order chi connectivity index (χ1) is 11.9. The monoisotopic (exact) mass is 406 g/mol. The fraction of sp³-hybridized carbons (Fsp3) is 0.263. The Morgan fingerprint density at radius 3 is 2.36 bits per heavy atom. The highest BCUT2D eigenvalue weighted by Crippen LogP contribution is 2.16. The van der Waals surface area contributed by atoms with Gasteiger partial charge in [-0.3, -0.25) is 9.59 Å². The quantitative estimate of drug-likeness (QED) is 0.768. The van der Waals surface area contributed by atoms with E-state index < -0.39 is 6.04 Å². The molecule has 0 spiro atoms. The summed E-state index contributed by atoms with van der Waals surface area (Å²) < 4.78 is 14.3. The lowest BCUT2D eigenvalue weighted by molar-refractivity contribution is -0.124. The van der Waals surface area contributed by atoms with Crippen molar-refractivity contribution < 1.29 is 14.0 Å².